The average molecular weight is 359 g/mol. The molecular formula is C14H16BrFN2O3. The molecule has 0 spiro atoms. The summed E-state index contributed by atoms with van der Waals surface area (Å²) in [6.45, 7) is 2.42. The van der Waals surface area contributed by atoms with Gasteiger partial charge in [0.1, 0.15) is 5.82 Å². The molecule has 1 aliphatic heterocycles. The monoisotopic (exact) mass is 358 g/mol. The lowest BCUT2D eigenvalue weighted by molar-refractivity contribution is -0.143. The molecule has 114 valence electrons. The van der Waals surface area contributed by atoms with Gasteiger partial charge >= 0.3 is 12.0 Å². The van der Waals surface area contributed by atoms with E-state index in [1.807, 2.05) is 0 Å². The normalized spacial score (nSPS) is 18.4. The fourth-order valence-corrected chi connectivity index (χ4v) is 2.68. The van der Waals surface area contributed by atoms with Crippen LogP contribution >= 0.6 is 15.9 Å². The van der Waals surface area contributed by atoms with Crippen LogP contribution in [0.2, 0.25) is 0 Å². The molecule has 7 heteroatoms. The maximum absolute atomic E-state index is 13.4. The van der Waals surface area contributed by atoms with Crippen LogP contribution in [0.15, 0.2) is 16.6 Å². The van der Waals surface area contributed by atoms with E-state index in [1.165, 1.54) is 17.0 Å². The number of halogens is 2. The number of carbonyl (C=O) groups is 2. The first-order chi connectivity index (χ1) is 9.88. The molecular weight excluding hydrogens is 343 g/mol. The predicted molar refractivity (Wildman–Crippen MR) is 79.8 cm³/mol. The highest BCUT2D eigenvalue weighted by Gasteiger charge is 2.28. The van der Waals surface area contributed by atoms with Crippen LogP contribution in [0.3, 0.4) is 0 Å². The van der Waals surface area contributed by atoms with Crippen molar-refractivity contribution in [2.24, 2.45) is 5.92 Å². The van der Waals surface area contributed by atoms with Gasteiger partial charge in [0.15, 0.2) is 0 Å². The Morgan fingerprint density at radius 2 is 2.19 bits per heavy atom. The number of anilines is 1. The standard InChI is InChI=1S/C14H16BrFN2O3/c1-8-5-11(16)10(15)6-12(8)17-14(21)18-4-2-3-9(7-18)13(19)20/h5-6,9H,2-4,7H2,1H3,(H,17,21)(H,19,20)/t9-/m1/s1. The third-order valence-electron chi connectivity index (χ3n) is 3.57. The molecule has 0 aliphatic carbocycles. The molecule has 0 unspecified atom stereocenters. The van der Waals surface area contributed by atoms with Gasteiger partial charge in [0.05, 0.1) is 10.4 Å². The molecule has 5 nitrogen and oxygen atoms in total. The number of piperidine rings is 1. The second-order valence-corrected chi connectivity index (χ2v) is 5.99. The minimum atomic E-state index is -0.881. The number of carboxylic acids is 1. The van der Waals surface area contributed by atoms with Crippen molar-refractivity contribution in [1.82, 2.24) is 4.90 Å². The molecule has 1 aliphatic rings. The maximum atomic E-state index is 13.4. The highest BCUT2D eigenvalue weighted by Crippen LogP contribution is 2.25. The van der Waals surface area contributed by atoms with Gasteiger partial charge in [-0.1, -0.05) is 0 Å². The topological polar surface area (TPSA) is 69.6 Å². The highest BCUT2D eigenvalue weighted by atomic mass is 79.9. The highest BCUT2D eigenvalue weighted by molar-refractivity contribution is 9.10. The summed E-state index contributed by atoms with van der Waals surface area (Å²) >= 11 is 3.08. The first-order valence-electron chi connectivity index (χ1n) is 6.63. The Kier molecular flexibility index (Phi) is 4.82. The van der Waals surface area contributed by atoms with Crippen molar-refractivity contribution >= 4 is 33.6 Å². The van der Waals surface area contributed by atoms with Gasteiger partial charge in [-0.3, -0.25) is 4.79 Å². The summed E-state index contributed by atoms with van der Waals surface area (Å²) in [5.41, 5.74) is 1.11. The molecule has 21 heavy (non-hydrogen) atoms. The van der Waals surface area contributed by atoms with Crippen LogP contribution in [0, 0.1) is 18.7 Å². The van der Waals surface area contributed by atoms with Crippen LogP contribution in [0.25, 0.3) is 0 Å². The quantitative estimate of drug-likeness (QED) is 0.852. The Morgan fingerprint density at radius 3 is 2.86 bits per heavy atom. The third kappa shape index (κ3) is 3.72. The van der Waals surface area contributed by atoms with E-state index in [2.05, 4.69) is 21.2 Å². The molecule has 2 amide bonds. The number of likely N-dealkylation sites (tertiary alicyclic amines) is 1. The Hall–Kier alpha value is -1.63. The lowest BCUT2D eigenvalue weighted by Crippen LogP contribution is -2.44. The molecule has 1 heterocycles. The molecule has 1 aromatic rings. The SMILES string of the molecule is Cc1cc(F)c(Br)cc1NC(=O)N1CCC[C@@H](C(=O)O)C1. The molecule has 1 saturated heterocycles. The van der Waals surface area contributed by atoms with Gasteiger partial charge in [-0.15, -0.1) is 0 Å². The molecule has 1 aromatic carbocycles. The first-order valence-corrected chi connectivity index (χ1v) is 7.42. The number of carbonyl (C=O) groups excluding carboxylic acids is 1. The summed E-state index contributed by atoms with van der Waals surface area (Å²) in [5.74, 6) is -1.80. The van der Waals surface area contributed by atoms with Crippen LogP contribution < -0.4 is 5.32 Å². The van der Waals surface area contributed by atoms with E-state index in [0.717, 1.165) is 0 Å². The molecule has 0 radical (unpaired) electrons. The van der Waals surface area contributed by atoms with Crippen LogP contribution in [-0.2, 0) is 4.79 Å². The fraction of sp³-hybridized carbons (Fsp3) is 0.429. The number of amides is 2. The third-order valence-corrected chi connectivity index (χ3v) is 4.17. The Morgan fingerprint density at radius 1 is 1.48 bits per heavy atom. The van der Waals surface area contributed by atoms with Crippen molar-refractivity contribution in [3.05, 3.63) is 28.0 Å². The number of nitrogens with zero attached hydrogens (tertiary/aromatic N) is 1. The zero-order valence-corrected chi connectivity index (χ0v) is 13.1. The lowest BCUT2D eigenvalue weighted by Gasteiger charge is -2.30. The molecule has 2 rings (SSSR count). The van der Waals surface area contributed by atoms with E-state index >= 15 is 0 Å². The van der Waals surface area contributed by atoms with Crippen molar-refractivity contribution in [3.63, 3.8) is 0 Å². The number of rotatable bonds is 2. The molecule has 0 saturated carbocycles. The summed E-state index contributed by atoms with van der Waals surface area (Å²) in [7, 11) is 0. The Labute approximate surface area is 130 Å². The largest absolute Gasteiger partial charge is 0.481 e. The van der Waals surface area contributed by atoms with Crippen molar-refractivity contribution in [2.75, 3.05) is 18.4 Å². The summed E-state index contributed by atoms with van der Waals surface area (Å²) < 4.78 is 13.6. The first kappa shape index (κ1) is 15.8. The van der Waals surface area contributed by atoms with E-state index in [-0.39, 0.29) is 17.0 Å². The number of aliphatic carboxylic acids is 1. The smallest absolute Gasteiger partial charge is 0.321 e. The fourth-order valence-electron chi connectivity index (χ4n) is 2.34. The average Bonchev–Trinajstić information content (AvgIpc) is 2.44. The lowest BCUT2D eigenvalue weighted by atomic mass is 9.99. The molecule has 1 fully saturated rings. The van der Waals surface area contributed by atoms with Crippen LogP contribution in [-0.4, -0.2) is 35.1 Å². The van der Waals surface area contributed by atoms with Gasteiger partial charge in [0.2, 0.25) is 0 Å². The number of aryl methyl sites for hydroxylation is 1. The van der Waals surface area contributed by atoms with Crippen molar-refractivity contribution in [3.8, 4) is 0 Å². The van der Waals surface area contributed by atoms with E-state index in [9.17, 15) is 14.0 Å². The number of hydrogen-bond donors (Lipinski definition) is 2. The van der Waals surface area contributed by atoms with Gasteiger partial charge in [0, 0.05) is 18.8 Å². The zero-order valence-electron chi connectivity index (χ0n) is 11.5. The summed E-state index contributed by atoms with van der Waals surface area (Å²) in [6, 6.07) is 2.47. The van der Waals surface area contributed by atoms with Crippen LogP contribution in [0.1, 0.15) is 18.4 Å². The maximum Gasteiger partial charge on any atom is 0.321 e. The minimum Gasteiger partial charge on any atom is -0.481 e. The van der Waals surface area contributed by atoms with Crippen molar-refractivity contribution in [2.45, 2.75) is 19.8 Å². The molecule has 2 N–H and O–H groups in total. The molecule has 0 bridgehead atoms. The van der Waals surface area contributed by atoms with Gasteiger partial charge in [-0.05, 0) is 53.4 Å². The summed E-state index contributed by atoms with van der Waals surface area (Å²) in [6.07, 6.45) is 1.25. The Balaban J connectivity index is 2.07. The molecule has 0 aromatic heterocycles. The number of urea groups is 1. The van der Waals surface area contributed by atoms with Crippen LogP contribution in [0.4, 0.5) is 14.9 Å². The van der Waals surface area contributed by atoms with Crippen molar-refractivity contribution in [1.29, 1.82) is 0 Å². The predicted octanol–water partition coefficient (Wildman–Crippen LogP) is 3.23. The second kappa shape index (κ2) is 6.43. The number of nitrogens with one attached hydrogen (secondary N) is 1. The zero-order chi connectivity index (χ0) is 15.6. The number of carboxylic acid groups (broad SMARTS) is 1. The second-order valence-electron chi connectivity index (χ2n) is 5.13. The number of benzene rings is 1. The van der Waals surface area contributed by atoms with Gasteiger partial charge < -0.3 is 15.3 Å². The van der Waals surface area contributed by atoms with Gasteiger partial charge in [-0.25, -0.2) is 9.18 Å². The molecule has 1 atom stereocenters. The van der Waals surface area contributed by atoms with E-state index in [0.29, 0.717) is 30.6 Å². The minimum absolute atomic E-state index is 0.197. The van der Waals surface area contributed by atoms with Gasteiger partial charge in [-0.2, -0.15) is 0 Å². The van der Waals surface area contributed by atoms with E-state index in [4.69, 9.17) is 5.11 Å². The van der Waals surface area contributed by atoms with E-state index in [1.54, 1.807) is 6.92 Å². The van der Waals surface area contributed by atoms with E-state index < -0.39 is 17.7 Å². The number of hydrogen-bond acceptors (Lipinski definition) is 2. The van der Waals surface area contributed by atoms with Crippen LogP contribution in [0.5, 0.6) is 0 Å². The van der Waals surface area contributed by atoms with Gasteiger partial charge in [0.25, 0.3) is 0 Å². The Bertz CT molecular complexity index is 580. The summed E-state index contributed by atoms with van der Waals surface area (Å²) in [5, 5.41) is 11.7. The summed E-state index contributed by atoms with van der Waals surface area (Å²) in [4.78, 5) is 24.7. The van der Waals surface area contributed by atoms with Crippen molar-refractivity contribution < 1.29 is 19.1 Å².